The maximum Gasteiger partial charge on any atom is 0.194 e. The Morgan fingerprint density at radius 1 is 1.42 bits per heavy atom. The predicted molar refractivity (Wildman–Crippen MR) is 116 cm³/mol. The summed E-state index contributed by atoms with van der Waals surface area (Å²) in [7, 11) is 5.64. The lowest BCUT2D eigenvalue weighted by molar-refractivity contribution is 0.157. The molecule has 2 rings (SSSR count). The molecule has 1 atom stereocenters. The van der Waals surface area contributed by atoms with E-state index in [4.69, 9.17) is 9.73 Å². The van der Waals surface area contributed by atoms with Gasteiger partial charge in [0.1, 0.15) is 5.82 Å². The molecule has 1 aromatic carbocycles. The summed E-state index contributed by atoms with van der Waals surface area (Å²) in [6, 6.07) is 5.28. The Kier molecular flexibility index (Phi) is 10.4. The van der Waals surface area contributed by atoms with Crippen LogP contribution in [0.4, 0.5) is 4.39 Å². The van der Waals surface area contributed by atoms with Crippen molar-refractivity contribution in [1.82, 2.24) is 15.1 Å². The molecule has 5 nitrogen and oxygen atoms in total. The van der Waals surface area contributed by atoms with Crippen LogP contribution in [0.15, 0.2) is 23.2 Å². The fourth-order valence-corrected chi connectivity index (χ4v) is 3.18. The van der Waals surface area contributed by atoms with Gasteiger partial charge in [-0.05, 0) is 45.1 Å². The van der Waals surface area contributed by atoms with Crippen molar-refractivity contribution >= 4 is 29.9 Å². The van der Waals surface area contributed by atoms with E-state index in [1.165, 1.54) is 0 Å². The molecule has 1 aliphatic rings. The van der Waals surface area contributed by atoms with Crippen LogP contribution in [0.3, 0.4) is 0 Å². The summed E-state index contributed by atoms with van der Waals surface area (Å²) in [4.78, 5) is 9.02. The van der Waals surface area contributed by atoms with Crippen LogP contribution in [-0.4, -0.2) is 63.2 Å². The number of ether oxygens (including phenoxy) is 1. The average Bonchev–Trinajstić information content (AvgIpc) is 3.02. The van der Waals surface area contributed by atoms with Crippen molar-refractivity contribution in [2.75, 3.05) is 47.4 Å². The van der Waals surface area contributed by atoms with E-state index in [-0.39, 0.29) is 29.8 Å². The highest BCUT2D eigenvalue weighted by atomic mass is 127. The zero-order chi connectivity index (χ0) is 18.2. The molecule has 0 radical (unpaired) electrons. The van der Waals surface area contributed by atoms with Crippen LogP contribution in [0.5, 0.6) is 0 Å². The van der Waals surface area contributed by atoms with Crippen LogP contribution in [-0.2, 0) is 17.8 Å². The fourth-order valence-electron chi connectivity index (χ4n) is 3.18. The number of aliphatic imine (C=N–C) groups is 1. The van der Waals surface area contributed by atoms with Crippen molar-refractivity contribution in [2.45, 2.75) is 26.4 Å². The molecule has 1 aromatic rings. The lowest BCUT2D eigenvalue weighted by Gasteiger charge is -2.21. The van der Waals surface area contributed by atoms with Gasteiger partial charge in [0.05, 0.1) is 13.2 Å². The third-order valence-electron chi connectivity index (χ3n) is 4.33. The second-order valence-electron chi connectivity index (χ2n) is 6.89. The number of hydrogen-bond acceptors (Lipinski definition) is 3. The van der Waals surface area contributed by atoms with Crippen LogP contribution < -0.4 is 5.32 Å². The molecule has 148 valence electrons. The maximum absolute atomic E-state index is 13.9. The van der Waals surface area contributed by atoms with Crippen molar-refractivity contribution in [2.24, 2.45) is 10.9 Å². The van der Waals surface area contributed by atoms with E-state index in [2.05, 4.69) is 17.1 Å². The van der Waals surface area contributed by atoms with Gasteiger partial charge in [-0.2, -0.15) is 0 Å². The zero-order valence-electron chi connectivity index (χ0n) is 16.3. The van der Waals surface area contributed by atoms with E-state index in [1.807, 2.05) is 31.1 Å². The number of nitrogens with zero attached hydrogens (tertiary/aromatic N) is 3. The number of benzene rings is 1. The Labute approximate surface area is 174 Å². The molecule has 1 heterocycles. The van der Waals surface area contributed by atoms with Crippen LogP contribution in [0.25, 0.3) is 0 Å². The summed E-state index contributed by atoms with van der Waals surface area (Å²) >= 11 is 0. The smallest absolute Gasteiger partial charge is 0.194 e. The molecule has 7 heteroatoms. The first-order valence-electron chi connectivity index (χ1n) is 8.97. The first kappa shape index (κ1) is 23.1. The minimum atomic E-state index is -0.157. The predicted octanol–water partition coefficient (Wildman–Crippen LogP) is 2.94. The van der Waals surface area contributed by atoms with Crippen LogP contribution >= 0.6 is 24.0 Å². The van der Waals surface area contributed by atoms with Crippen molar-refractivity contribution in [3.63, 3.8) is 0 Å². The molecule has 0 amide bonds. The number of methoxy groups -OCH3 is 1. The number of guanidine groups is 1. The number of rotatable bonds is 7. The van der Waals surface area contributed by atoms with Gasteiger partial charge >= 0.3 is 0 Å². The Bertz CT molecular complexity index is 583. The van der Waals surface area contributed by atoms with E-state index in [1.54, 1.807) is 13.2 Å². The van der Waals surface area contributed by atoms with Gasteiger partial charge in [0.15, 0.2) is 5.96 Å². The average molecular weight is 478 g/mol. The molecule has 1 fully saturated rings. The Hall–Kier alpha value is -0.930. The van der Waals surface area contributed by atoms with Gasteiger partial charge < -0.3 is 19.9 Å². The lowest BCUT2D eigenvalue weighted by atomic mass is 10.1. The van der Waals surface area contributed by atoms with Gasteiger partial charge in [-0.3, -0.25) is 0 Å². The van der Waals surface area contributed by atoms with Crippen molar-refractivity contribution in [3.8, 4) is 0 Å². The molecule has 1 unspecified atom stereocenters. The topological polar surface area (TPSA) is 40.1 Å². The highest BCUT2D eigenvalue weighted by molar-refractivity contribution is 14.0. The van der Waals surface area contributed by atoms with Gasteiger partial charge in [0.2, 0.25) is 0 Å². The molecule has 0 aliphatic carbocycles. The highest BCUT2D eigenvalue weighted by Crippen LogP contribution is 2.17. The second-order valence-corrected chi connectivity index (χ2v) is 6.89. The third-order valence-corrected chi connectivity index (χ3v) is 4.33. The van der Waals surface area contributed by atoms with Crippen molar-refractivity contribution in [3.05, 3.63) is 35.1 Å². The molecular formula is C19H32FIN4O. The third kappa shape index (κ3) is 7.00. The Morgan fingerprint density at radius 2 is 2.19 bits per heavy atom. The highest BCUT2D eigenvalue weighted by Gasteiger charge is 2.24. The summed E-state index contributed by atoms with van der Waals surface area (Å²) in [6.07, 6.45) is 1.13. The van der Waals surface area contributed by atoms with Crippen molar-refractivity contribution < 1.29 is 9.13 Å². The second kappa shape index (κ2) is 11.7. The summed E-state index contributed by atoms with van der Waals surface area (Å²) in [5.74, 6) is 1.33. The maximum atomic E-state index is 13.9. The first-order valence-corrected chi connectivity index (χ1v) is 8.97. The monoisotopic (exact) mass is 478 g/mol. The van der Waals surface area contributed by atoms with Gasteiger partial charge in [0.25, 0.3) is 0 Å². The molecule has 0 saturated carbocycles. The fraction of sp³-hybridized carbons (Fsp3) is 0.632. The standard InChI is InChI=1S/C19H31FN4O.HI/c1-5-21-19(24-9-8-16(12-24)14-25-4)22-11-15-6-7-18(20)17(10-15)13-23(2)3;/h6-7,10,16H,5,8-9,11-14H2,1-4H3,(H,21,22);1H. The van der Waals surface area contributed by atoms with Crippen molar-refractivity contribution in [1.29, 1.82) is 0 Å². The van der Waals surface area contributed by atoms with Gasteiger partial charge in [-0.15, -0.1) is 24.0 Å². The number of likely N-dealkylation sites (tertiary alicyclic amines) is 1. The van der Waals surface area contributed by atoms with E-state index in [0.717, 1.165) is 44.2 Å². The molecule has 0 bridgehead atoms. The Morgan fingerprint density at radius 3 is 2.85 bits per heavy atom. The zero-order valence-corrected chi connectivity index (χ0v) is 18.6. The number of halogens is 2. The first-order chi connectivity index (χ1) is 12.0. The van der Waals surface area contributed by atoms with E-state index < -0.39 is 0 Å². The van der Waals surface area contributed by atoms with Gasteiger partial charge in [0, 0.05) is 44.8 Å². The quantitative estimate of drug-likeness (QED) is 0.372. The molecule has 26 heavy (non-hydrogen) atoms. The summed E-state index contributed by atoms with van der Waals surface area (Å²) < 4.78 is 19.2. The molecule has 1 aliphatic heterocycles. The minimum absolute atomic E-state index is 0. The normalized spacial score (nSPS) is 17.5. The van der Waals surface area contributed by atoms with Crippen LogP contribution in [0, 0.1) is 11.7 Å². The number of hydrogen-bond donors (Lipinski definition) is 1. The van der Waals surface area contributed by atoms with E-state index >= 15 is 0 Å². The SMILES string of the molecule is CCNC(=NCc1ccc(F)c(CN(C)C)c1)N1CCC(COC)C1.I. The summed E-state index contributed by atoms with van der Waals surface area (Å²) in [5.41, 5.74) is 1.74. The largest absolute Gasteiger partial charge is 0.384 e. The van der Waals surface area contributed by atoms with Crippen LogP contribution in [0.1, 0.15) is 24.5 Å². The number of nitrogens with one attached hydrogen (secondary N) is 1. The van der Waals surface area contributed by atoms with Crippen LogP contribution in [0.2, 0.25) is 0 Å². The van der Waals surface area contributed by atoms with E-state index in [9.17, 15) is 4.39 Å². The molecule has 1 N–H and O–H groups in total. The van der Waals surface area contributed by atoms with Gasteiger partial charge in [-0.25, -0.2) is 9.38 Å². The summed E-state index contributed by atoms with van der Waals surface area (Å²) in [5, 5.41) is 3.37. The lowest BCUT2D eigenvalue weighted by Crippen LogP contribution is -2.40. The molecular weight excluding hydrogens is 446 g/mol. The molecule has 0 spiro atoms. The van der Waals surface area contributed by atoms with E-state index in [0.29, 0.717) is 24.6 Å². The van der Waals surface area contributed by atoms with Gasteiger partial charge in [-0.1, -0.05) is 6.07 Å². The molecule has 0 aromatic heterocycles. The minimum Gasteiger partial charge on any atom is -0.384 e. The molecule has 1 saturated heterocycles. The Balaban J connectivity index is 0.00000338. The summed E-state index contributed by atoms with van der Waals surface area (Å²) in [6.45, 7) is 6.81.